The van der Waals surface area contributed by atoms with Crippen LogP contribution in [-0.2, 0) is 15.9 Å². The fourth-order valence-corrected chi connectivity index (χ4v) is 2.06. The molecule has 0 aromatic heterocycles. The van der Waals surface area contributed by atoms with Gasteiger partial charge in [-0.1, -0.05) is 24.3 Å². The van der Waals surface area contributed by atoms with Crippen molar-refractivity contribution in [3.05, 3.63) is 35.4 Å². The van der Waals surface area contributed by atoms with Crippen molar-refractivity contribution in [2.24, 2.45) is 0 Å². The van der Waals surface area contributed by atoms with Gasteiger partial charge in [-0.3, -0.25) is 0 Å². The van der Waals surface area contributed by atoms with Gasteiger partial charge in [0.1, 0.15) is 6.10 Å². The molecule has 1 aliphatic heterocycles. The average molecular weight is 236 g/mol. The molecule has 0 radical (unpaired) electrons. The lowest BCUT2D eigenvalue weighted by molar-refractivity contribution is -0.139. The van der Waals surface area contributed by atoms with Crippen LogP contribution in [0, 0.1) is 0 Å². The minimum absolute atomic E-state index is 0.0191. The van der Waals surface area contributed by atoms with Crippen LogP contribution in [0.5, 0.6) is 0 Å². The first-order valence-electron chi connectivity index (χ1n) is 6.05. The number of benzene rings is 1. The first-order valence-corrected chi connectivity index (χ1v) is 6.05. The van der Waals surface area contributed by atoms with Gasteiger partial charge < -0.3 is 14.6 Å². The molecule has 2 rings (SSSR count). The quantitative estimate of drug-likeness (QED) is 0.876. The highest BCUT2D eigenvalue weighted by molar-refractivity contribution is 5.25. The van der Waals surface area contributed by atoms with E-state index in [1.54, 1.807) is 6.92 Å². The highest BCUT2D eigenvalue weighted by atomic mass is 16.7. The average Bonchev–Trinajstić information content (AvgIpc) is 2.59. The zero-order valence-corrected chi connectivity index (χ0v) is 10.6. The maximum atomic E-state index is 9.31. The van der Waals surface area contributed by atoms with Crippen LogP contribution in [0.1, 0.15) is 38.0 Å². The highest BCUT2D eigenvalue weighted by Gasteiger charge is 2.33. The summed E-state index contributed by atoms with van der Waals surface area (Å²) in [6, 6.07) is 8.17. The molecular weight excluding hydrogens is 216 g/mol. The Labute approximate surface area is 102 Å². The van der Waals surface area contributed by atoms with Crippen LogP contribution in [0.3, 0.4) is 0 Å². The molecule has 1 saturated heterocycles. The van der Waals surface area contributed by atoms with E-state index in [4.69, 9.17) is 9.47 Å². The first kappa shape index (κ1) is 12.6. The van der Waals surface area contributed by atoms with Gasteiger partial charge in [-0.05, 0) is 38.3 Å². The zero-order valence-electron chi connectivity index (χ0n) is 10.6. The lowest BCUT2D eigenvalue weighted by Gasteiger charge is -2.17. The van der Waals surface area contributed by atoms with Crippen molar-refractivity contribution in [1.82, 2.24) is 0 Å². The van der Waals surface area contributed by atoms with E-state index in [9.17, 15) is 5.11 Å². The van der Waals surface area contributed by atoms with Crippen molar-refractivity contribution >= 4 is 0 Å². The summed E-state index contributed by atoms with van der Waals surface area (Å²) < 4.78 is 11.3. The molecule has 0 bridgehead atoms. The smallest absolute Gasteiger partial charge is 0.163 e. The molecule has 3 nitrogen and oxygen atoms in total. The lowest BCUT2D eigenvalue weighted by atomic mass is 10.0. The van der Waals surface area contributed by atoms with E-state index in [2.05, 4.69) is 0 Å². The number of rotatable bonds is 3. The van der Waals surface area contributed by atoms with Crippen LogP contribution >= 0.6 is 0 Å². The standard InChI is InChI=1S/C14H20O3/c1-10(15)8-11-4-6-12(7-5-11)13-9-16-14(2,3)17-13/h4-7,10,13,15H,8-9H2,1-3H3. The van der Waals surface area contributed by atoms with Gasteiger partial charge in [-0.25, -0.2) is 0 Å². The summed E-state index contributed by atoms with van der Waals surface area (Å²) >= 11 is 0. The van der Waals surface area contributed by atoms with E-state index in [0.29, 0.717) is 13.0 Å². The van der Waals surface area contributed by atoms with Gasteiger partial charge >= 0.3 is 0 Å². The number of ether oxygens (including phenoxy) is 2. The van der Waals surface area contributed by atoms with Crippen LogP contribution in [0.4, 0.5) is 0 Å². The van der Waals surface area contributed by atoms with Gasteiger partial charge in [0.15, 0.2) is 5.79 Å². The third-order valence-electron chi connectivity index (χ3n) is 2.89. The third-order valence-corrected chi connectivity index (χ3v) is 2.89. The predicted octanol–water partition coefficient (Wildman–Crippen LogP) is 2.43. The number of aliphatic hydroxyl groups excluding tert-OH is 1. The summed E-state index contributed by atoms with van der Waals surface area (Å²) in [5.74, 6) is -0.483. The van der Waals surface area contributed by atoms with Gasteiger partial charge in [0.25, 0.3) is 0 Å². The largest absolute Gasteiger partial charge is 0.393 e. The molecule has 2 atom stereocenters. The molecule has 0 amide bonds. The van der Waals surface area contributed by atoms with Crippen LogP contribution in [0.25, 0.3) is 0 Å². The van der Waals surface area contributed by atoms with Crippen molar-refractivity contribution in [1.29, 1.82) is 0 Å². The molecule has 17 heavy (non-hydrogen) atoms. The summed E-state index contributed by atoms with van der Waals surface area (Å²) in [5, 5.41) is 9.31. The molecule has 1 fully saturated rings. The Hall–Kier alpha value is -0.900. The molecule has 94 valence electrons. The van der Waals surface area contributed by atoms with Crippen molar-refractivity contribution in [2.75, 3.05) is 6.61 Å². The van der Waals surface area contributed by atoms with Gasteiger partial charge in [0.05, 0.1) is 12.7 Å². The van der Waals surface area contributed by atoms with E-state index in [1.165, 1.54) is 0 Å². The Morgan fingerprint density at radius 3 is 2.47 bits per heavy atom. The van der Waals surface area contributed by atoms with Crippen molar-refractivity contribution < 1.29 is 14.6 Å². The molecule has 0 aliphatic carbocycles. The normalized spacial score (nSPS) is 24.8. The highest BCUT2D eigenvalue weighted by Crippen LogP contribution is 2.32. The Bertz CT molecular complexity index is 368. The number of hydrogen-bond donors (Lipinski definition) is 1. The molecule has 1 heterocycles. The number of aliphatic hydroxyl groups is 1. The summed E-state index contributed by atoms with van der Waals surface area (Å²) in [6.07, 6.45) is 0.407. The van der Waals surface area contributed by atoms with Crippen LogP contribution in [0.2, 0.25) is 0 Å². The fourth-order valence-electron chi connectivity index (χ4n) is 2.06. The summed E-state index contributed by atoms with van der Waals surface area (Å²) in [6.45, 7) is 6.25. The molecular formula is C14H20O3. The van der Waals surface area contributed by atoms with E-state index in [1.807, 2.05) is 38.1 Å². The minimum atomic E-state index is -0.483. The van der Waals surface area contributed by atoms with E-state index in [0.717, 1.165) is 11.1 Å². The molecule has 2 unspecified atom stereocenters. The molecule has 1 aromatic rings. The van der Waals surface area contributed by atoms with E-state index >= 15 is 0 Å². The molecule has 3 heteroatoms. The summed E-state index contributed by atoms with van der Waals surface area (Å²) in [5.41, 5.74) is 2.27. The summed E-state index contributed by atoms with van der Waals surface area (Å²) in [7, 11) is 0. The van der Waals surface area contributed by atoms with Gasteiger partial charge in [-0.2, -0.15) is 0 Å². The lowest BCUT2D eigenvalue weighted by Crippen LogP contribution is -2.19. The van der Waals surface area contributed by atoms with Gasteiger partial charge in [0.2, 0.25) is 0 Å². The molecule has 0 spiro atoms. The third kappa shape index (κ3) is 3.28. The predicted molar refractivity (Wildman–Crippen MR) is 65.7 cm³/mol. The Kier molecular flexibility index (Phi) is 3.52. The van der Waals surface area contributed by atoms with Crippen molar-refractivity contribution in [3.8, 4) is 0 Å². The molecule has 1 aliphatic rings. The number of hydrogen-bond acceptors (Lipinski definition) is 3. The Morgan fingerprint density at radius 2 is 2.00 bits per heavy atom. The minimum Gasteiger partial charge on any atom is -0.393 e. The maximum Gasteiger partial charge on any atom is 0.163 e. The van der Waals surface area contributed by atoms with Gasteiger partial charge in [-0.15, -0.1) is 0 Å². The molecule has 1 aromatic carbocycles. The topological polar surface area (TPSA) is 38.7 Å². The van der Waals surface area contributed by atoms with E-state index < -0.39 is 5.79 Å². The second kappa shape index (κ2) is 4.77. The summed E-state index contributed by atoms with van der Waals surface area (Å²) in [4.78, 5) is 0. The zero-order chi connectivity index (χ0) is 12.5. The van der Waals surface area contributed by atoms with Crippen LogP contribution in [-0.4, -0.2) is 23.6 Å². The fraction of sp³-hybridized carbons (Fsp3) is 0.571. The maximum absolute atomic E-state index is 9.31. The monoisotopic (exact) mass is 236 g/mol. The van der Waals surface area contributed by atoms with Crippen molar-refractivity contribution in [2.45, 2.75) is 45.2 Å². The Balaban J connectivity index is 2.03. The second-order valence-corrected chi connectivity index (χ2v) is 5.11. The molecule has 1 N–H and O–H groups in total. The van der Waals surface area contributed by atoms with Crippen molar-refractivity contribution in [3.63, 3.8) is 0 Å². The molecule has 0 saturated carbocycles. The Morgan fingerprint density at radius 1 is 1.35 bits per heavy atom. The van der Waals surface area contributed by atoms with Gasteiger partial charge in [0, 0.05) is 0 Å². The van der Waals surface area contributed by atoms with Crippen LogP contribution in [0.15, 0.2) is 24.3 Å². The SMILES string of the molecule is CC(O)Cc1ccc(C2COC(C)(C)O2)cc1. The van der Waals surface area contributed by atoms with Crippen LogP contribution < -0.4 is 0 Å². The second-order valence-electron chi connectivity index (χ2n) is 5.11. The van der Waals surface area contributed by atoms with E-state index in [-0.39, 0.29) is 12.2 Å². The first-order chi connectivity index (χ1) is 7.96.